The highest BCUT2D eigenvalue weighted by molar-refractivity contribution is 6.08. The van der Waals surface area contributed by atoms with Crippen LogP contribution in [0.2, 0.25) is 0 Å². The van der Waals surface area contributed by atoms with Gasteiger partial charge in [-0.15, -0.1) is 5.10 Å². The predicted octanol–water partition coefficient (Wildman–Crippen LogP) is -0.756. The summed E-state index contributed by atoms with van der Waals surface area (Å²) in [6, 6.07) is 0. The van der Waals surface area contributed by atoms with Crippen molar-refractivity contribution in [1.82, 2.24) is 25.4 Å². The molecule has 19 heavy (non-hydrogen) atoms. The maximum Gasteiger partial charge on any atom is 0.294 e. The highest BCUT2D eigenvalue weighted by atomic mass is 16.2. The zero-order valence-electron chi connectivity index (χ0n) is 11.0. The Morgan fingerprint density at radius 3 is 2.68 bits per heavy atom. The lowest BCUT2D eigenvalue weighted by Gasteiger charge is -2.39. The van der Waals surface area contributed by atoms with E-state index in [1.165, 1.54) is 4.90 Å². The fraction of sp³-hybridized carbons (Fsp3) is 0.545. The summed E-state index contributed by atoms with van der Waals surface area (Å²) in [4.78, 5) is 40.6. The number of aromatic nitrogens is 3. The van der Waals surface area contributed by atoms with Crippen LogP contribution in [0.15, 0.2) is 0 Å². The van der Waals surface area contributed by atoms with Gasteiger partial charge in [-0.05, 0) is 13.8 Å². The molecule has 1 aliphatic heterocycles. The van der Waals surface area contributed by atoms with Gasteiger partial charge < -0.3 is 4.90 Å². The average Bonchev–Trinajstić information content (AvgIpc) is 2.82. The number of amides is 3. The lowest BCUT2D eigenvalue weighted by molar-refractivity contribution is -0.143. The van der Waals surface area contributed by atoms with Crippen molar-refractivity contribution in [2.45, 2.75) is 32.7 Å². The third-order valence-corrected chi connectivity index (χ3v) is 3.09. The first-order valence-corrected chi connectivity index (χ1v) is 5.93. The number of rotatable bonds is 2. The number of carbonyl (C=O) groups is 3. The van der Waals surface area contributed by atoms with Crippen molar-refractivity contribution >= 4 is 17.7 Å². The van der Waals surface area contributed by atoms with Gasteiger partial charge >= 0.3 is 0 Å². The van der Waals surface area contributed by atoms with Gasteiger partial charge in [0.2, 0.25) is 11.7 Å². The number of nitrogens with one attached hydrogen (secondary N) is 2. The Morgan fingerprint density at radius 2 is 2.11 bits per heavy atom. The van der Waals surface area contributed by atoms with Crippen molar-refractivity contribution in [3.63, 3.8) is 0 Å². The molecule has 8 heteroatoms. The molecular weight excluding hydrogens is 250 g/mol. The molecule has 1 aromatic rings. The van der Waals surface area contributed by atoms with Crippen LogP contribution >= 0.6 is 0 Å². The van der Waals surface area contributed by atoms with E-state index >= 15 is 0 Å². The van der Waals surface area contributed by atoms with Crippen LogP contribution in [0.25, 0.3) is 0 Å². The molecule has 0 atom stereocenters. The summed E-state index contributed by atoms with van der Waals surface area (Å²) in [6.45, 7) is 4.82. The molecule has 1 aliphatic rings. The SMILES string of the molecule is CCc1nc(C(=O)N2CC(=O)NC(=O)C2(C)C)n[nH]1. The van der Waals surface area contributed by atoms with Gasteiger partial charge in [0.1, 0.15) is 17.9 Å². The number of aromatic amines is 1. The topological polar surface area (TPSA) is 108 Å². The zero-order valence-corrected chi connectivity index (χ0v) is 11.0. The standard InChI is InChI=1S/C11H15N5O3/c1-4-6-12-8(15-14-6)9(18)16-5-7(17)13-10(19)11(16,2)3/h4-5H2,1-3H3,(H,12,14,15)(H,13,17,19). The Hall–Kier alpha value is -2.25. The van der Waals surface area contributed by atoms with Crippen LogP contribution in [0, 0.1) is 0 Å². The van der Waals surface area contributed by atoms with E-state index in [4.69, 9.17) is 0 Å². The van der Waals surface area contributed by atoms with Crippen molar-refractivity contribution in [3.05, 3.63) is 11.6 Å². The lowest BCUT2D eigenvalue weighted by Crippen LogP contribution is -2.65. The summed E-state index contributed by atoms with van der Waals surface area (Å²) >= 11 is 0. The first-order chi connectivity index (χ1) is 8.86. The van der Waals surface area contributed by atoms with Gasteiger partial charge in [0.15, 0.2) is 0 Å². The molecule has 2 rings (SSSR count). The van der Waals surface area contributed by atoms with Gasteiger partial charge in [-0.2, -0.15) is 0 Å². The number of H-pyrrole nitrogens is 1. The Bertz CT molecular complexity index is 548. The van der Waals surface area contributed by atoms with Crippen molar-refractivity contribution in [3.8, 4) is 0 Å². The van der Waals surface area contributed by atoms with Gasteiger partial charge in [-0.1, -0.05) is 6.92 Å². The van der Waals surface area contributed by atoms with Gasteiger partial charge in [0.05, 0.1) is 0 Å². The summed E-state index contributed by atoms with van der Waals surface area (Å²) in [5.41, 5.74) is -1.11. The molecule has 3 amide bonds. The van der Waals surface area contributed by atoms with E-state index in [0.717, 1.165) is 0 Å². The van der Waals surface area contributed by atoms with E-state index in [0.29, 0.717) is 12.2 Å². The minimum atomic E-state index is -1.11. The summed E-state index contributed by atoms with van der Waals surface area (Å²) in [5, 5.41) is 8.64. The van der Waals surface area contributed by atoms with Crippen LogP contribution in [0.5, 0.6) is 0 Å². The first kappa shape index (κ1) is 13.2. The molecule has 1 aromatic heterocycles. The average molecular weight is 265 g/mol. The molecular formula is C11H15N5O3. The van der Waals surface area contributed by atoms with E-state index in [-0.39, 0.29) is 12.4 Å². The second-order valence-electron chi connectivity index (χ2n) is 4.79. The largest absolute Gasteiger partial charge is 0.312 e. The number of aryl methyl sites for hydroxylation is 1. The van der Waals surface area contributed by atoms with Gasteiger partial charge in [-0.3, -0.25) is 24.8 Å². The minimum Gasteiger partial charge on any atom is -0.312 e. The lowest BCUT2D eigenvalue weighted by atomic mass is 9.98. The third-order valence-electron chi connectivity index (χ3n) is 3.09. The Kier molecular flexibility index (Phi) is 3.09. The second kappa shape index (κ2) is 4.45. The normalized spacial score (nSPS) is 18.4. The highest BCUT2D eigenvalue weighted by Crippen LogP contribution is 2.19. The molecule has 0 spiro atoms. The fourth-order valence-corrected chi connectivity index (χ4v) is 1.78. The van der Waals surface area contributed by atoms with Crippen LogP contribution in [-0.2, 0) is 16.0 Å². The van der Waals surface area contributed by atoms with Crippen molar-refractivity contribution in [2.75, 3.05) is 6.54 Å². The Morgan fingerprint density at radius 1 is 1.42 bits per heavy atom. The number of nitrogens with zero attached hydrogens (tertiary/aromatic N) is 3. The second-order valence-corrected chi connectivity index (χ2v) is 4.79. The van der Waals surface area contributed by atoms with E-state index in [1.54, 1.807) is 13.8 Å². The molecule has 0 aliphatic carbocycles. The van der Waals surface area contributed by atoms with Crippen molar-refractivity contribution in [2.24, 2.45) is 0 Å². The summed E-state index contributed by atoms with van der Waals surface area (Å²) in [7, 11) is 0. The van der Waals surface area contributed by atoms with E-state index < -0.39 is 23.3 Å². The summed E-state index contributed by atoms with van der Waals surface area (Å²) in [6.07, 6.45) is 0.614. The molecule has 0 unspecified atom stereocenters. The van der Waals surface area contributed by atoms with Crippen LogP contribution in [0.1, 0.15) is 37.2 Å². The van der Waals surface area contributed by atoms with Crippen molar-refractivity contribution < 1.29 is 14.4 Å². The first-order valence-electron chi connectivity index (χ1n) is 5.93. The molecule has 0 radical (unpaired) electrons. The maximum absolute atomic E-state index is 12.3. The number of hydrogen-bond acceptors (Lipinski definition) is 5. The zero-order chi connectivity index (χ0) is 14.2. The molecule has 102 valence electrons. The van der Waals surface area contributed by atoms with E-state index in [1.807, 2.05) is 6.92 Å². The molecule has 1 saturated heterocycles. The van der Waals surface area contributed by atoms with Crippen LogP contribution in [0.3, 0.4) is 0 Å². The summed E-state index contributed by atoms with van der Waals surface area (Å²) in [5.74, 6) is -1.02. The predicted molar refractivity (Wildman–Crippen MR) is 64.0 cm³/mol. The quantitative estimate of drug-likeness (QED) is 0.684. The number of piperazine rings is 1. The fourth-order valence-electron chi connectivity index (χ4n) is 1.78. The third kappa shape index (κ3) is 2.20. The van der Waals surface area contributed by atoms with Gasteiger partial charge in [0.25, 0.3) is 11.8 Å². The number of hydrogen-bond donors (Lipinski definition) is 2. The summed E-state index contributed by atoms with van der Waals surface area (Å²) < 4.78 is 0. The monoisotopic (exact) mass is 265 g/mol. The van der Waals surface area contributed by atoms with Crippen LogP contribution in [-0.4, -0.2) is 49.9 Å². The van der Waals surface area contributed by atoms with Crippen LogP contribution < -0.4 is 5.32 Å². The smallest absolute Gasteiger partial charge is 0.294 e. The van der Waals surface area contributed by atoms with E-state index in [2.05, 4.69) is 20.5 Å². The Labute approximate surface area is 109 Å². The minimum absolute atomic E-state index is 0.0348. The van der Waals surface area contributed by atoms with E-state index in [9.17, 15) is 14.4 Å². The Balaban J connectivity index is 2.30. The molecule has 2 heterocycles. The number of imide groups is 1. The molecule has 8 nitrogen and oxygen atoms in total. The van der Waals surface area contributed by atoms with Crippen molar-refractivity contribution in [1.29, 1.82) is 0 Å². The molecule has 2 N–H and O–H groups in total. The van der Waals surface area contributed by atoms with Gasteiger partial charge in [0, 0.05) is 6.42 Å². The molecule has 0 saturated carbocycles. The molecule has 1 fully saturated rings. The van der Waals surface area contributed by atoms with Crippen LogP contribution in [0.4, 0.5) is 0 Å². The number of carbonyl (C=O) groups excluding carboxylic acids is 3. The molecule has 0 aromatic carbocycles. The highest BCUT2D eigenvalue weighted by Gasteiger charge is 2.44. The maximum atomic E-state index is 12.3. The molecule has 0 bridgehead atoms. The van der Waals surface area contributed by atoms with Gasteiger partial charge in [-0.25, -0.2) is 4.98 Å².